The third-order valence-corrected chi connectivity index (χ3v) is 4.64. The van der Waals surface area contributed by atoms with Crippen molar-refractivity contribution in [2.24, 2.45) is 11.3 Å². The van der Waals surface area contributed by atoms with Gasteiger partial charge in [0, 0.05) is 26.2 Å². The Morgan fingerprint density at radius 1 is 1.40 bits per heavy atom. The largest absolute Gasteiger partial charge is 0.481 e. The van der Waals surface area contributed by atoms with E-state index in [1.165, 1.54) is 0 Å². The van der Waals surface area contributed by atoms with Crippen LogP contribution < -0.4 is 5.32 Å². The molecule has 0 aliphatic carbocycles. The van der Waals surface area contributed by atoms with Crippen LogP contribution in [0.2, 0.25) is 0 Å². The monoisotopic (exact) mass is 283 g/mol. The summed E-state index contributed by atoms with van der Waals surface area (Å²) in [4.78, 5) is 27.2. The van der Waals surface area contributed by atoms with Gasteiger partial charge in [0.25, 0.3) is 0 Å². The molecule has 2 fully saturated rings. The van der Waals surface area contributed by atoms with E-state index >= 15 is 0 Å². The molecular weight excluding hydrogens is 258 g/mol. The first-order chi connectivity index (χ1) is 9.44. The highest BCUT2D eigenvalue weighted by Crippen LogP contribution is 2.30. The molecule has 0 saturated carbocycles. The molecule has 20 heavy (non-hydrogen) atoms. The van der Waals surface area contributed by atoms with E-state index in [4.69, 9.17) is 5.11 Å². The lowest BCUT2D eigenvalue weighted by molar-refractivity contribution is -0.146. The van der Waals surface area contributed by atoms with Gasteiger partial charge in [-0.25, -0.2) is 4.79 Å². The van der Waals surface area contributed by atoms with Gasteiger partial charge in [-0.15, -0.1) is 0 Å². The first-order valence-electron chi connectivity index (χ1n) is 7.43. The summed E-state index contributed by atoms with van der Waals surface area (Å²) in [5.74, 6) is -0.297. The summed E-state index contributed by atoms with van der Waals surface area (Å²) in [6.07, 6.45) is 1.66. The first kappa shape index (κ1) is 15.1. The van der Waals surface area contributed by atoms with Crippen LogP contribution in [0.25, 0.3) is 0 Å². The first-order valence-corrected chi connectivity index (χ1v) is 7.43. The Labute approximate surface area is 120 Å². The molecule has 114 valence electrons. The fourth-order valence-electron chi connectivity index (χ4n) is 3.02. The maximum absolute atomic E-state index is 12.1. The van der Waals surface area contributed by atoms with Crippen LogP contribution in [0.4, 0.5) is 4.79 Å². The molecule has 2 saturated heterocycles. The Morgan fingerprint density at radius 3 is 2.70 bits per heavy atom. The SMILES string of the molecule is CCN1CCC(CNC(=O)N2CCC(C)(C(=O)O)C2)C1. The Hall–Kier alpha value is -1.30. The number of rotatable bonds is 4. The van der Waals surface area contributed by atoms with Crippen LogP contribution in [0, 0.1) is 11.3 Å². The highest BCUT2D eigenvalue weighted by atomic mass is 16.4. The minimum Gasteiger partial charge on any atom is -0.481 e. The highest BCUT2D eigenvalue weighted by molar-refractivity contribution is 5.79. The van der Waals surface area contributed by atoms with Crippen molar-refractivity contribution < 1.29 is 14.7 Å². The minimum absolute atomic E-state index is 0.120. The molecule has 6 nitrogen and oxygen atoms in total. The normalized spacial score (nSPS) is 30.7. The molecule has 2 amide bonds. The summed E-state index contributed by atoms with van der Waals surface area (Å²) in [7, 11) is 0. The van der Waals surface area contributed by atoms with E-state index in [1.54, 1.807) is 11.8 Å². The van der Waals surface area contributed by atoms with Crippen LogP contribution in [-0.2, 0) is 4.79 Å². The molecule has 0 aromatic rings. The number of hydrogen-bond donors (Lipinski definition) is 2. The van der Waals surface area contributed by atoms with Gasteiger partial charge in [0.2, 0.25) is 0 Å². The van der Waals surface area contributed by atoms with Crippen LogP contribution in [0.1, 0.15) is 26.7 Å². The van der Waals surface area contributed by atoms with E-state index in [-0.39, 0.29) is 6.03 Å². The Balaban J connectivity index is 1.75. The number of carboxylic acids is 1. The van der Waals surface area contributed by atoms with Crippen LogP contribution in [0.5, 0.6) is 0 Å². The molecule has 0 radical (unpaired) electrons. The quantitative estimate of drug-likeness (QED) is 0.802. The van der Waals surface area contributed by atoms with E-state index in [2.05, 4.69) is 17.1 Å². The summed E-state index contributed by atoms with van der Waals surface area (Å²) >= 11 is 0. The third kappa shape index (κ3) is 3.23. The van der Waals surface area contributed by atoms with Crippen LogP contribution in [0.3, 0.4) is 0 Å². The van der Waals surface area contributed by atoms with Crippen LogP contribution in [-0.4, -0.2) is 66.2 Å². The summed E-state index contributed by atoms with van der Waals surface area (Å²) in [6.45, 7) is 8.60. The van der Waals surface area contributed by atoms with Gasteiger partial charge in [-0.2, -0.15) is 0 Å². The number of carboxylic acid groups (broad SMARTS) is 1. The Kier molecular flexibility index (Phi) is 4.52. The predicted octanol–water partition coefficient (Wildman–Crippen LogP) is 0.834. The number of likely N-dealkylation sites (tertiary alicyclic amines) is 2. The van der Waals surface area contributed by atoms with Crippen LogP contribution >= 0.6 is 0 Å². The maximum Gasteiger partial charge on any atom is 0.317 e. The zero-order valence-electron chi connectivity index (χ0n) is 12.4. The summed E-state index contributed by atoms with van der Waals surface area (Å²) in [5, 5.41) is 12.1. The number of hydrogen-bond acceptors (Lipinski definition) is 3. The molecule has 0 bridgehead atoms. The molecule has 0 spiro atoms. The summed E-state index contributed by atoms with van der Waals surface area (Å²) < 4.78 is 0. The van der Waals surface area contributed by atoms with Crippen molar-refractivity contribution in [2.75, 3.05) is 39.3 Å². The molecule has 2 rings (SSSR count). The average Bonchev–Trinajstić information content (AvgIpc) is 3.03. The van der Waals surface area contributed by atoms with Gasteiger partial charge in [0.1, 0.15) is 0 Å². The number of nitrogens with zero attached hydrogens (tertiary/aromatic N) is 2. The Morgan fingerprint density at radius 2 is 2.15 bits per heavy atom. The van der Waals surface area contributed by atoms with Crippen molar-refractivity contribution in [3.05, 3.63) is 0 Å². The molecular formula is C14H25N3O3. The predicted molar refractivity (Wildman–Crippen MR) is 75.6 cm³/mol. The van der Waals surface area contributed by atoms with Gasteiger partial charge in [0.15, 0.2) is 0 Å². The summed E-state index contributed by atoms with van der Waals surface area (Å²) in [6, 6.07) is -0.120. The van der Waals surface area contributed by atoms with Gasteiger partial charge < -0.3 is 20.2 Å². The van der Waals surface area contributed by atoms with Gasteiger partial charge in [-0.1, -0.05) is 6.92 Å². The topological polar surface area (TPSA) is 72.9 Å². The summed E-state index contributed by atoms with van der Waals surface area (Å²) in [5.41, 5.74) is -0.788. The number of amides is 2. The molecule has 2 N–H and O–H groups in total. The van der Waals surface area contributed by atoms with Crippen molar-refractivity contribution in [2.45, 2.75) is 26.7 Å². The van der Waals surface area contributed by atoms with Crippen molar-refractivity contribution in [1.82, 2.24) is 15.1 Å². The molecule has 0 aromatic heterocycles. The number of carbonyl (C=O) groups excluding carboxylic acids is 1. The van der Waals surface area contributed by atoms with Gasteiger partial charge in [0.05, 0.1) is 5.41 Å². The van der Waals surface area contributed by atoms with Gasteiger partial charge in [-0.3, -0.25) is 4.79 Å². The van der Waals surface area contributed by atoms with Crippen molar-refractivity contribution >= 4 is 12.0 Å². The second kappa shape index (κ2) is 5.99. The number of urea groups is 1. The molecule has 2 atom stereocenters. The third-order valence-electron chi connectivity index (χ3n) is 4.64. The molecule has 6 heteroatoms. The highest BCUT2D eigenvalue weighted by Gasteiger charge is 2.42. The van der Waals surface area contributed by atoms with Gasteiger partial charge >= 0.3 is 12.0 Å². The zero-order valence-corrected chi connectivity index (χ0v) is 12.4. The minimum atomic E-state index is -0.817. The fourth-order valence-corrected chi connectivity index (χ4v) is 3.02. The smallest absolute Gasteiger partial charge is 0.317 e. The van der Waals surface area contributed by atoms with Crippen molar-refractivity contribution in [1.29, 1.82) is 0 Å². The van der Waals surface area contributed by atoms with E-state index < -0.39 is 11.4 Å². The van der Waals surface area contributed by atoms with Crippen LogP contribution in [0.15, 0.2) is 0 Å². The van der Waals surface area contributed by atoms with Crippen molar-refractivity contribution in [3.8, 4) is 0 Å². The van der Waals surface area contributed by atoms with E-state index in [0.29, 0.717) is 32.0 Å². The molecule has 2 heterocycles. The molecule has 0 aromatic carbocycles. The standard InChI is InChI=1S/C14H25N3O3/c1-3-16-6-4-11(9-16)8-15-13(20)17-7-5-14(2,10-17)12(18)19/h11H,3-10H2,1-2H3,(H,15,20)(H,18,19). The number of aliphatic carboxylic acids is 1. The van der Waals surface area contributed by atoms with E-state index in [9.17, 15) is 9.59 Å². The lowest BCUT2D eigenvalue weighted by Crippen LogP contribution is -2.42. The fraction of sp³-hybridized carbons (Fsp3) is 0.857. The molecule has 2 aliphatic rings. The lowest BCUT2D eigenvalue weighted by atomic mass is 9.90. The molecule has 2 unspecified atom stereocenters. The second-order valence-corrected chi connectivity index (χ2v) is 6.27. The molecule has 2 aliphatic heterocycles. The second-order valence-electron chi connectivity index (χ2n) is 6.27. The van der Waals surface area contributed by atoms with Gasteiger partial charge in [-0.05, 0) is 38.8 Å². The Bertz CT molecular complexity index is 388. The van der Waals surface area contributed by atoms with E-state index in [1.807, 2.05) is 0 Å². The lowest BCUT2D eigenvalue weighted by Gasteiger charge is -2.21. The zero-order chi connectivity index (χ0) is 14.8. The number of nitrogens with one attached hydrogen (secondary N) is 1. The number of carbonyl (C=O) groups is 2. The van der Waals surface area contributed by atoms with Crippen molar-refractivity contribution in [3.63, 3.8) is 0 Å². The average molecular weight is 283 g/mol. The maximum atomic E-state index is 12.1. The van der Waals surface area contributed by atoms with E-state index in [0.717, 1.165) is 26.1 Å².